The van der Waals surface area contributed by atoms with Crippen molar-refractivity contribution < 1.29 is 60.8 Å². The van der Waals surface area contributed by atoms with E-state index in [1.807, 2.05) is 35.2 Å². The number of carboxylic acids is 2. The third-order valence-electron chi connectivity index (χ3n) is 7.07. The summed E-state index contributed by atoms with van der Waals surface area (Å²) in [6, 6.07) is 11.2. The van der Waals surface area contributed by atoms with Crippen molar-refractivity contribution in [1.29, 1.82) is 0 Å². The first-order chi connectivity index (χ1) is 24.3. The van der Waals surface area contributed by atoms with E-state index in [2.05, 4.69) is 29.0 Å². The van der Waals surface area contributed by atoms with E-state index in [1.165, 1.54) is 0 Å². The fourth-order valence-corrected chi connectivity index (χ4v) is 5.41. The minimum Gasteiger partial charge on any atom is -0.506 e. The number of aromatic hydroxyl groups is 1. The predicted molar refractivity (Wildman–Crippen MR) is 183 cm³/mol. The van der Waals surface area contributed by atoms with Crippen LogP contribution in [-0.2, 0) is 32.0 Å². The number of ether oxygens (including phenoxy) is 1. The van der Waals surface area contributed by atoms with Crippen molar-refractivity contribution in [2.45, 2.75) is 45.5 Å². The van der Waals surface area contributed by atoms with Crippen LogP contribution in [0.5, 0.6) is 5.75 Å². The number of carbonyl (C=O) groups excluding carboxylic acids is 1. The van der Waals surface area contributed by atoms with Gasteiger partial charge in [0.15, 0.2) is 0 Å². The number of nitrogens with one attached hydrogen (secondary N) is 2. The summed E-state index contributed by atoms with van der Waals surface area (Å²) >= 11 is 7.15. The summed E-state index contributed by atoms with van der Waals surface area (Å²) in [6.07, 6.45) is -8.33. The number of H-pyrrole nitrogens is 1. The van der Waals surface area contributed by atoms with E-state index in [1.54, 1.807) is 6.07 Å². The maximum atomic E-state index is 13.0. The van der Waals surface area contributed by atoms with Gasteiger partial charge in [-0.3, -0.25) is 9.59 Å². The van der Waals surface area contributed by atoms with Crippen LogP contribution in [0.1, 0.15) is 31.4 Å². The lowest BCUT2D eigenvalue weighted by Crippen LogP contribution is -2.42. The van der Waals surface area contributed by atoms with Gasteiger partial charge in [-0.1, -0.05) is 55.0 Å². The molecule has 0 bridgehead atoms. The molecule has 0 atom stereocenters. The molecule has 5 N–H and O–H groups in total. The van der Waals surface area contributed by atoms with E-state index in [9.17, 15) is 41.0 Å². The van der Waals surface area contributed by atoms with Crippen molar-refractivity contribution in [1.82, 2.24) is 20.1 Å². The number of phenolic OH excluding ortho intramolecular Hbond substituents is 1. The summed E-state index contributed by atoms with van der Waals surface area (Å²) in [4.78, 5) is 49.3. The van der Waals surface area contributed by atoms with E-state index < -0.39 is 24.3 Å². The summed E-state index contributed by atoms with van der Waals surface area (Å²) in [5.41, 5.74) is 2.63. The number of fused-ring (bicyclic) bond motifs is 1. The van der Waals surface area contributed by atoms with Crippen LogP contribution in [0.2, 0.25) is 5.02 Å². The van der Waals surface area contributed by atoms with Gasteiger partial charge in [0.25, 0.3) is 0 Å². The number of hydrogen-bond acceptors (Lipinski definition) is 9. The van der Waals surface area contributed by atoms with Crippen LogP contribution in [0, 0.1) is 0 Å². The van der Waals surface area contributed by atoms with Crippen molar-refractivity contribution in [3.63, 3.8) is 0 Å². The zero-order valence-electron chi connectivity index (χ0n) is 28.3. The highest BCUT2D eigenvalue weighted by molar-refractivity contribution is 7.16. The van der Waals surface area contributed by atoms with Gasteiger partial charge in [-0.2, -0.15) is 26.3 Å². The topological polar surface area (TPSA) is 172 Å². The summed E-state index contributed by atoms with van der Waals surface area (Å²) in [6.45, 7) is 10.6. The second-order valence-electron chi connectivity index (χ2n) is 10.7. The smallest absolute Gasteiger partial charge is 0.490 e. The Labute approximate surface area is 303 Å². The molecule has 20 heteroatoms. The number of carboxylic acid groups (broad SMARTS) is 2. The second-order valence-corrected chi connectivity index (χ2v) is 12.1. The molecule has 0 saturated carbocycles. The summed E-state index contributed by atoms with van der Waals surface area (Å²) in [5, 5.41) is 28.4. The first kappa shape index (κ1) is 46.1. The van der Waals surface area contributed by atoms with Gasteiger partial charge in [-0.05, 0) is 61.8 Å². The Hall–Kier alpha value is -3.91. The number of rotatable bonds is 17. The van der Waals surface area contributed by atoms with E-state index in [0.29, 0.717) is 56.4 Å². The molecule has 0 radical (unpaired) electrons. The Kier molecular flexibility index (Phi) is 20.3. The van der Waals surface area contributed by atoms with Crippen LogP contribution < -0.4 is 10.2 Å². The molecule has 3 rings (SSSR count). The minimum atomic E-state index is -5.08. The van der Waals surface area contributed by atoms with E-state index >= 15 is 0 Å². The molecule has 1 amide bonds. The third kappa shape index (κ3) is 18.0. The van der Waals surface area contributed by atoms with Gasteiger partial charge in [-0.15, -0.1) is 0 Å². The number of hydrogen-bond donors (Lipinski definition) is 5. The number of nitrogens with zero attached hydrogens (tertiary/aromatic N) is 2. The van der Waals surface area contributed by atoms with Crippen LogP contribution in [0.3, 0.4) is 0 Å². The fourth-order valence-electron chi connectivity index (χ4n) is 4.30. The molecule has 0 aliphatic heterocycles. The Balaban J connectivity index is 0.000000812. The molecule has 3 aromatic rings. The fraction of sp³-hybridized carbons (Fsp3) is 0.500. The van der Waals surface area contributed by atoms with Crippen molar-refractivity contribution in [2.75, 3.05) is 59.0 Å². The number of likely N-dealkylation sites (N-methyl/N-ethyl adjacent to an activating group) is 1. The third-order valence-corrected chi connectivity index (χ3v) is 8.26. The maximum absolute atomic E-state index is 13.0. The van der Waals surface area contributed by atoms with Crippen molar-refractivity contribution in [3.05, 3.63) is 62.2 Å². The molecule has 52 heavy (non-hydrogen) atoms. The number of carbonyl (C=O) groups is 3. The Morgan fingerprint density at radius 3 is 2.08 bits per heavy atom. The van der Waals surface area contributed by atoms with E-state index in [-0.39, 0.29) is 16.5 Å². The van der Waals surface area contributed by atoms with Gasteiger partial charge in [0.05, 0.1) is 24.3 Å². The number of amides is 1. The molecular weight excluding hydrogens is 750 g/mol. The highest BCUT2D eigenvalue weighted by Crippen LogP contribution is 2.27. The number of thiazole rings is 1. The zero-order chi connectivity index (χ0) is 39.5. The molecule has 0 unspecified atom stereocenters. The van der Waals surface area contributed by atoms with Gasteiger partial charge in [-0.25, -0.2) is 9.59 Å². The van der Waals surface area contributed by atoms with Gasteiger partial charge >= 0.3 is 29.2 Å². The number of aromatic nitrogens is 1. The lowest BCUT2D eigenvalue weighted by Gasteiger charge is -2.27. The number of alkyl halides is 6. The largest absolute Gasteiger partial charge is 0.506 e. The minimum absolute atomic E-state index is 0.0888. The standard InChI is InChI=1S/C28H39ClN4O4S.2C2HF3O2/c1-3-32(4-2)16-17-33(25(35)12-19-37-18-11-21-6-5-7-23(29)20-21)15-14-30-13-10-22-8-9-24(34)26-27(22)38-28(36)31-26;2*3-2(4,5)1(6)7/h5-9,20,30,34H,3-4,10-19H2,1-2H3,(H,31,36);2*(H,6,7). The highest BCUT2D eigenvalue weighted by Gasteiger charge is 2.38. The zero-order valence-corrected chi connectivity index (χ0v) is 29.9. The van der Waals surface area contributed by atoms with Crippen LogP contribution in [0.15, 0.2) is 41.2 Å². The number of phenols is 1. The number of benzene rings is 2. The molecule has 12 nitrogen and oxygen atoms in total. The SMILES string of the molecule is CCN(CC)CCN(CCNCCc1ccc(O)c2[nH]c(=O)sc12)C(=O)CCOCCc1cccc(Cl)c1.O=C(O)C(F)(F)F.O=C(O)C(F)(F)F. The van der Waals surface area contributed by atoms with Crippen LogP contribution >= 0.6 is 22.9 Å². The van der Waals surface area contributed by atoms with Crippen molar-refractivity contribution >= 4 is 51.0 Å². The maximum Gasteiger partial charge on any atom is 0.490 e. The lowest BCUT2D eigenvalue weighted by molar-refractivity contribution is -0.193. The van der Waals surface area contributed by atoms with E-state index in [0.717, 1.165) is 59.6 Å². The molecule has 1 aromatic heterocycles. The van der Waals surface area contributed by atoms with Gasteiger partial charge in [0.1, 0.15) is 11.3 Å². The molecule has 0 aliphatic carbocycles. The average Bonchev–Trinajstić information content (AvgIpc) is 3.47. The molecule has 292 valence electrons. The van der Waals surface area contributed by atoms with E-state index in [4.69, 9.17) is 36.1 Å². The van der Waals surface area contributed by atoms with Crippen LogP contribution in [0.4, 0.5) is 26.3 Å². The highest BCUT2D eigenvalue weighted by atomic mass is 35.5. The average molecular weight is 791 g/mol. The monoisotopic (exact) mass is 790 g/mol. The summed E-state index contributed by atoms with van der Waals surface area (Å²) in [5.74, 6) is -5.33. The Morgan fingerprint density at radius 1 is 0.904 bits per heavy atom. The predicted octanol–water partition coefficient (Wildman–Crippen LogP) is 5.17. The summed E-state index contributed by atoms with van der Waals surface area (Å²) < 4.78 is 70.0. The lowest BCUT2D eigenvalue weighted by atomic mass is 10.1. The van der Waals surface area contributed by atoms with Crippen LogP contribution in [-0.4, -0.2) is 119 Å². The van der Waals surface area contributed by atoms with Gasteiger partial charge < -0.3 is 40.2 Å². The van der Waals surface area contributed by atoms with Crippen LogP contribution in [0.25, 0.3) is 10.2 Å². The number of aromatic amines is 1. The normalized spacial score (nSPS) is 11.4. The van der Waals surface area contributed by atoms with Gasteiger partial charge in [0, 0.05) is 31.2 Å². The second kappa shape index (κ2) is 22.9. The molecule has 0 spiro atoms. The van der Waals surface area contributed by atoms with Gasteiger partial charge in [0.2, 0.25) is 5.91 Å². The molecule has 0 fully saturated rings. The Bertz CT molecular complexity index is 1590. The van der Waals surface area contributed by atoms with Crippen molar-refractivity contribution in [3.8, 4) is 5.75 Å². The Morgan fingerprint density at radius 2 is 1.52 bits per heavy atom. The first-order valence-corrected chi connectivity index (χ1v) is 17.0. The molecule has 2 aromatic carbocycles. The number of halogens is 7. The molecule has 0 saturated heterocycles. The summed E-state index contributed by atoms with van der Waals surface area (Å²) in [7, 11) is 0. The molecular formula is C32H41ClF6N4O8S. The van der Waals surface area contributed by atoms with Crippen molar-refractivity contribution in [2.24, 2.45) is 0 Å². The molecule has 0 aliphatic rings. The number of aliphatic carboxylic acids is 2. The molecule has 1 heterocycles. The quantitative estimate of drug-likeness (QED) is 0.0908. The first-order valence-electron chi connectivity index (χ1n) is 15.8.